The molecular formula is C21H21OP. The van der Waals surface area contributed by atoms with Crippen molar-refractivity contribution >= 4 is 26.7 Å². The van der Waals surface area contributed by atoms with Gasteiger partial charge in [-0.3, -0.25) is 0 Å². The van der Waals surface area contributed by atoms with E-state index in [1.807, 2.05) is 60.7 Å². The second kappa shape index (κ2) is 9.61. The molecule has 0 fully saturated rings. The zero-order valence-corrected chi connectivity index (χ0v) is 14.4. The van der Waals surface area contributed by atoms with Crippen LogP contribution in [-0.2, 0) is 0 Å². The van der Waals surface area contributed by atoms with E-state index >= 15 is 0 Å². The van der Waals surface area contributed by atoms with Gasteiger partial charge in [0.2, 0.25) is 0 Å². The van der Waals surface area contributed by atoms with Gasteiger partial charge in [0.25, 0.3) is 0 Å². The van der Waals surface area contributed by atoms with Crippen molar-refractivity contribution in [2.24, 2.45) is 0 Å². The molecule has 1 unspecified atom stereocenters. The van der Waals surface area contributed by atoms with Crippen LogP contribution in [0.5, 0.6) is 5.75 Å². The molecular weight excluding hydrogens is 299 g/mol. The lowest BCUT2D eigenvalue weighted by molar-refractivity contribution is 0.415. The van der Waals surface area contributed by atoms with Crippen LogP contribution < -0.4 is 10.0 Å². The van der Waals surface area contributed by atoms with Crippen LogP contribution in [0.2, 0.25) is 0 Å². The quantitative estimate of drug-likeness (QED) is 0.484. The summed E-state index contributed by atoms with van der Waals surface area (Å²) in [5.74, 6) is 0.904. The molecule has 0 spiro atoms. The molecule has 0 radical (unpaired) electrons. The van der Waals surface area contributed by atoms with Gasteiger partial charge >= 0.3 is 0 Å². The molecule has 23 heavy (non-hydrogen) atoms. The largest absolute Gasteiger partial charge is 0.497 e. The van der Waals surface area contributed by atoms with Crippen LogP contribution >= 0.6 is 9.24 Å². The Kier molecular flexibility index (Phi) is 7.10. The molecule has 0 saturated heterocycles. The molecule has 3 rings (SSSR count). The Hall–Kier alpha value is -2.37. The van der Waals surface area contributed by atoms with Gasteiger partial charge < -0.3 is 4.74 Å². The molecule has 0 aromatic heterocycles. The first-order valence-electron chi connectivity index (χ1n) is 7.45. The Bertz CT molecular complexity index is 662. The fourth-order valence-corrected chi connectivity index (χ4v) is 2.12. The number of hydrogen-bond donors (Lipinski definition) is 0. The summed E-state index contributed by atoms with van der Waals surface area (Å²) < 4.78 is 4.96. The van der Waals surface area contributed by atoms with Gasteiger partial charge in [0.15, 0.2) is 0 Å². The van der Waals surface area contributed by atoms with Crippen LogP contribution in [-0.4, -0.2) is 7.11 Å². The first-order valence-corrected chi connectivity index (χ1v) is 8.03. The third-order valence-electron chi connectivity index (χ3n) is 3.18. The number of benzene rings is 3. The van der Waals surface area contributed by atoms with E-state index in [0.29, 0.717) is 0 Å². The SMILES string of the molecule is C(=Cc1ccccc1)c1ccccc1.COc1ccc(P)cc1. The van der Waals surface area contributed by atoms with E-state index in [1.54, 1.807) is 7.11 Å². The van der Waals surface area contributed by atoms with E-state index in [4.69, 9.17) is 4.74 Å². The van der Waals surface area contributed by atoms with E-state index < -0.39 is 0 Å². The lowest BCUT2D eigenvalue weighted by Gasteiger charge is -1.96. The van der Waals surface area contributed by atoms with Gasteiger partial charge in [-0.25, -0.2) is 0 Å². The molecule has 0 saturated carbocycles. The number of hydrogen-bond acceptors (Lipinski definition) is 1. The Labute approximate surface area is 140 Å². The van der Waals surface area contributed by atoms with E-state index in [0.717, 1.165) is 5.75 Å². The summed E-state index contributed by atoms with van der Waals surface area (Å²) >= 11 is 0. The predicted octanol–water partition coefficient (Wildman–Crippen LogP) is 5.05. The van der Waals surface area contributed by atoms with Gasteiger partial charge in [-0.1, -0.05) is 84.9 Å². The molecule has 3 aromatic carbocycles. The van der Waals surface area contributed by atoms with Crippen LogP contribution in [0.15, 0.2) is 84.9 Å². The number of ether oxygens (including phenoxy) is 1. The highest BCUT2D eigenvalue weighted by atomic mass is 31.0. The Morgan fingerprint density at radius 1 is 0.652 bits per heavy atom. The average Bonchev–Trinajstić information content (AvgIpc) is 2.63. The van der Waals surface area contributed by atoms with Crippen LogP contribution in [0.1, 0.15) is 11.1 Å². The lowest BCUT2D eigenvalue weighted by Crippen LogP contribution is -1.88. The van der Waals surface area contributed by atoms with Gasteiger partial charge in [-0.2, -0.15) is 0 Å². The highest BCUT2D eigenvalue weighted by Crippen LogP contribution is 2.07. The smallest absolute Gasteiger partial charge is 0.118 e. The molecule has 1 nitrogen and oxygen atoms in total. The molecule has 0 aliphatic carbocycles. The van der Waals surface area contributed by atoms with Crippen molar-refractivity contribution < 1.29 is 4.74 Å². The van der Waals surface area contributed by atoms with Gasteiger partial charge in [0.05, 0.1) is 7.11 Å². The maximum absolute atomic E-state index is 4.96. The highest BCUT2D eigenvalue weighted by Gasteiger charge is 1.86. The van der Waals surface area contributed by atoms with E-state index in [1.165, 1.54) is 16.4 Å². The summed E-state index contributed by atoms with van der Waals surface area (Å²) in [6, 6.07) is 28.5. The second-order valence-electron chi connectivity index (χ2n) is 4.93. The zero-order chi connectivity index (χ0) is 16.3. The molecule has 3 aromatic rings. The second-order valence-corrected chi connectivity index (χ2v) is 5.59. The van der Waals surface area contributed by atoms with Crippen molar-refractivity contribution in [2.45, 2.75) is 0 Å². The van der Waals surface area contributed by atoms with Gasteiger partial charge in [-0.15, -0.1) is 9.24 Å². The predicted molar refractivity (Wildman–Crippen MR) is 104 cm³/mol. The van der Waals surface area contributed by atoms with E-state index in [9.17, 15) is 0 Å². The minimum Gasteiger partial charge on any atom is -0.497 e. The van der Waals surface area contributed by atoms with Crippen LogP contribution in [0.3, 0.4) is 0 Å². The highest BCUT2D eigenvalue weighted by molar-refractivity contribution is 7.27. The van der Waals surface area contributed by atoms with Crippen molar-refractivity contribution in [1.82, 2.24) is 0 Å². The molecule has 0 aliphatic heterocycles. The summed E-state index contributed by atoms with van der Waals surface area (Å²) in [5, 5.41) is 1.18. The fourth-order valence-electron chi connectivity index (χ4n) is 1.92. The summed E-state index contributed by atoms with van der Waals surface area (Å²) in [7, 11) is 4.28. The van der Waals surface area contributed by atoms with E-state index in [2.05, 4.69) is 45.7 Å². The number of methoxy groups -OCH3 is 1. The summed E-state index contributed by atoms with van der Waals surface area (Å²) in [6.07, 6.45) is 4.24. The average molecular weight is 320 g/mol. The normalized spacial score (nSPS) is 10.0. The van der Waals surface area contributed by atoms with Crippen molar-refractivity contribution in [3.05, 3.63) is 96.1 Å². The summed E-state index contributed by atoms with van der Waals surface area (Å²) in [6.45, 7) is 0. The fraction of sp³-hybridized carbons (Fsp3) is 0.0476. The van der Waals surface area contributed by atoms with E-state index in [-0.39, 0.29) is 0 Å². The Morgan fingerprint density at radius 2 is 1.09 bits per heavy atom. The van der Waals surface area contributed by atoms with Crippen LogP contribution in [0, 0.1) is 0 Å². The molecule has 0 heterocycles. The number of rotatable bonds is 3. The maximum Gasteiger partial charge on any atom is 0.118 e. The Morgan fingerprint density at radius 3 is 1.48 bits per heavy atom. The van der Waals surface area contributed by atoms with Crippen molar-refractivity contribution in [2.75, 3.05) is 7.11 Å². The van der Waals surface area contributed by atoms with Crippen molar-refractivity contribution in [1.29, 1.82) is 0 Å². The molecule has 0 aliphatic rings. The van der Waals surface area contributed by atoms with Crippen molar-refractivity contribution in [3.8, 4) is 5.75 Å². The molecule has 0 amide bonds. The van der Waals surface area contributed by atoms with Gasteiger partial charge in [0, 0.05) is 0 Å². The first kappa shape index (κ1) is 17.0. The maximum atomic E-state index is 4.96. The molecule has 0 N–H and O–H groups in total. The zero-order valence-electron chi connectivity index (χ0n) is 13.2. The van der Waals surface area contributed by atoms with Crippen LogP contribution in [0.25, 0.3) is 12.2 Å². The van der Waals surface area contributed by atoms with Gasteiger partial charge in [0.1, 0.15) is 5.75 Å². The third-order valence-corrected chi connectivity index (χ3v) is 3.57. The lowest BCUT2D eigenvalue weighted by atomic mass is 10.1. The topological polar surface area (TPSA) is 9.23 Å². The van der Waals surface area contributed by atoms with Crippen LogP contribution in [0.4, 0.5) is 0 Å². The molecule has 116 valence electrons. The molecule has 2 heteroatoms. The third kappa shape index (κ3) is 6.50. The van der Waals surface area contributed by atoms with Gasteiger partial charge in [-0.05, 0) is 28.6 Å². The monoisotopic (exact) mass is 320 g/mol. The molecule has 0 bridgehead atoms. The summed E-state index contributed by atoms with van der Waals surface area (Å²) in [4.78, 5) is 0. The minimum absolute atomic E-state index is 0.904. The Balaban J connectivity index is 0.000000185. The van der Waals surface area contributed by atoms with Crippen molar-refractivity contribution in [3.63, 3.8) is 0 Å². The summed E-state index contributed by atoms with van der Waals surface area (Å²) in [5.41, 5.74) is 2.47. The molecule has 1 atom stereocenters. The standard InChI is InChI=1S/C14H12.C7H9OP/c1-3-7-13(8-4-1)11-12-14-9-5-2-6-10-14;1-8-6-2-4-7(9)5-3-6/h1-12H;2-5H,9H2,1H3. The minimum atomic E-state index is 0.904. The first-order chi connectivity index (χ1) is 11.3.